The van der Waals surface area contributed by atoms with Gasteiger partial charge in [-0.3, -0.25) is 9.69 Å². The fourth-order valence-electron chi connectivity index (χ4n) is 8.05. The number of carbonyl (C=O) groups excluding carboxylic acids is 1. The summed E-state index contributed by atoms with van der Waals surface area (Å²) < 4.78 is 0. The van der Waals surface area contributed by atoms with E-state index < -0.39 is 0 Å². The molecule has 2 aromatic carbocycles. The second-order valence-corrected chi connectivity index (χ2v) is 11.2. The maximum atomic E-state index is 13.4. The van der Waals surface area contributed by atoms with Crippen molar-refractivity contribution in [3.8, 4) is 0 Å². The van der Waals surface area contributed by atoms with Gasteiger partial charge in [-0.25, -0.2) is 0 Å². The van der Waals surface area contributed by atoms with Crippen molar-refractivity contribution in [3.63, 3.8) is 0 Å². The van der Waals surface area contributed by atoms with Gasteiger partial charge in [-0.05, 0) is 72.8 Å². The van der Waals surface area contributed by atoms with Gasteiger partial charge in [-0.2, -0.15) is 0 Å². The summed E-state index contributed by atoms with van der Waals surface area (Å²) in [5.74, 6) is 3.19. The van der Waals surface area contributed by atoms with Crippen LogP contribution in [0.3, 0.4) is 0 Å². The summed E-state index contributed by atoms with van der Waals surface area (Å²) in [6.07, 6.45) is 9.15. The third-order valence-corrected chi connectivity index (χ3v) is 8.95. The molecule has 4 aliphatic carbocycles. The standard InChI is InChI=1S/C29H36N2O/c32-27(21-29-18-22-15-23(19-29)17-24(16-22)20-29)30-11-13-31(14-12-30)28(25-7-3-1-4-8-25)26-9-5-2-6-10-26/h1-10,22-24,28H,11-21H2. The lowest BCUT2D eigenvalue weighted by Crippen LogP contribution is -2.52. The number of piperazine rings is 1. The van der Waals surface area contributed by atoms with Crippen LogP contribution in [0.25, 0.3) is 0 Å². The van der Waals surface area contributed by atoms with E-state index in [1.165, 1.54) is 49.7 Å². The summed E-state index contributed by atoms with van der Waals surface area (Å²) >= 11 is 0. The molecule has 0 aromatic heterocycles. The SMILES string of the molecule is O=C(CC12CC3CC(CC(C3)C1)C2)N1CCN(C(c2ccccc2)c2ccccc2)CC1. The zero-order valence-corrected chi connectivity index (χ0v) is 19.2. The predicted octanol–water partition coefficient (Wildman–Crippen LogP) is 5.53. The van der Waals surface area contributed by atoms with Crippen molar-refractivity contribution in [2.75, 3.05) is 26.2 Å². The molecule has 1 aliphatic heterocycles. The van der Waals surface area contributed by atoms with Crippen molar-refractivity contribution < 1.29 is 4.79 Å². The smallest absolute Gasteiger partial charge is 0.223 e. The van der Waals surface area contributed by atoms with Crippen LogP contribution in [0.15, 0.2) is 60.7 Å². The van der Waals surface area contributed by atoms with Crippen molar-refractivity contribution in [1.29, 1.82) is 0 Å². The number of nitrogens with zero attached hydrogens (tertiary/aromatic N) is 2. The number of hydrogen-bond donors (Lipinski definition) is 0. The van der Waals surface area contributed by atoms with Crippen LogP contribution in [0.4, 0.5) is 0 Å². The van der Waals surface area contributed by atoms with Gasteiger partial charge in [0, 0.05) is 32.6 Å². The van der Waals surface area contributed by atoms with E-state index in [-0.39, 0.29) is 6.04 Å². The molecule has 3 heteroatoms. The van der Waals surface area contributed by atoms with Crippen LogP contribution in [0, 0.1) is 23.2 Å². The Kier molecular flexibility index (Phi) is 5.33. The van der Waals surface area contributed by atoms with Crippen LogP contribution < -0.4 is 0 Å². The van der Waals surface area contributed by atoms with E-state index in [1.54, 1.807) is 0 Å². The first kappa shape index (κ1) is 20.5. The normalized spacial score (nSPS) is 31.9. The topological polar surface area (TPSA) is 23.6 Å². The minimum Gasteiger partial charge on any atom is -0.340 e. The number of hydrogen-bond acceptors (Lipinski definition) is 2. The summed E-state index contributed by atoms with van der Waals surface area (Å²) in [5, 5.41) is 0. The molecule has 1 amide bonds. The van der Waals surface area contributed by atoms with Gasteiger partial charge in [0.1, 0.15) is 0 Å². The Hall–Kier alpha value is -2.13. The molecule has 2 aromatic rings. The Morgan fingerprint density at radius 1 is 0.750 bits per heavy atom. The molecule has 7 rings (SSSR count). The van der Waals surface area contributed by atoms with E-state index >= 15 is 0 Å². The summed E-state index contributed by atoms with van der Waals surface area (Å²) in [6, 6.07) is 21.9. The molecule has 1 heterocycles. The average molecular weight is 429 g/mol. The van der Waals surface area contributed by atoms with Crippen molar-refractivity contribution >= 4 is 5.91 Å². The van der Waals surface area contributed by atoms with E-state index in [2.05, 4.69) is 70.5 Å². The zero-order valence-electron chi connectivity index (χ0n) is 19.2. The van der Waals surface area contributed by atoms with Gasteiger partial charge in [0.2, 0.25) is 5.91 Å². The van der Waals surface area contributed by atoms with Gasteiger partial charge in [-0.1, -0.05) is 60.7 Å². The first-order valence-corrected chi connectivity index (χ1v) is 12.8. The Morgan fingerprint density at radius 3 is 1.69 bits per heavy atom. The molecular weight excluding hydrogens is 392 g/mol. The lowest BCUT2D eigenvalue weighted by atomic mass is 9.49. The van der Waals surface area contributed by atoms with E-state index in [0.29, 0.717) is 11.3 Å². The number of rotatable bonds is 5. The van der Waals surface area contributed by atoms with Crippen molar-refractivity contribution in [3.05, 3.63) is 71.8 Å². The number of amides is 1. The van der Waals surface area contributed by atoms with Crippen molar-refractivity contribution in [2.24, 2.45) is 23.2 Å². The maximum absolute atomic E-state index is 13.4. The Labute approximate surface area is 192 Å². The van der Waals surface area contributed by atoms with E-state index in [4.69, 9.17) is 0 Å². The van der Waals surface area contributed by atoms with E-state index in [1.807, 2.05) is 0 Å². The molecule has 3 nitrogen and oxygen atoms in total. The van der Waals surface area contributed by atoms with Crippen LogP contribution in [-0.2, 0) is 4.79 Å². The third kappa shape index (κ3) is 3.90. The molecule has 4 bridgehead atoms. The first-order chi connectivity index (χ1) is 15.7. The summed E-state index contributed by atoms with van der Waals surface area (Å²) in [6.45, 7) is 3.62. The van der Waals surface area contributed by atoms with Crippen LogP contribution >= 0.6 is 0 Å². The van der Waals surface area contributed by atoms with Gasteiger partial charge in [0.15, 0.2) is 0 Å². The molecule has 1 saturated heterocycles. The third-order valence-electron chi connectivity index (χ3n) is 8.95. The van der Waals surface area contributed by atoms with E-state index in [9.17, 15) is 4.79 Å². The largest absolute Gasteiger partial charge is 0.340 e. The van der Waals surface area contributed by atoms with Gasteiger partial charge >= 0.3 is 0 Å². The molecular formula is C29H36N2O. The fraction of sp³-hybridized carbons (Fsp3) is 0.552. The first-order valence-electron chi connectivity index (χ1n) is 12.8. The molecule has 32 heavy (non-hydrogen) atoms. The van der Waals surface area contributed by atoms with Gasteiger partial charge < -0.3 is 4.90 Å². The minimum absolute atomic E-state index is 0.262. The lowest BCUT2D eigenvalue weighted by molar-refractivity contribution is -0.141. The lowest BCUT2D eigenvalue weighted by Gasteiger charge is -2.57. The van der Waals surface area contributed by atoms with Crippen molar-refractivity contribution in [1.82, 2.24) is 9.80 Å². The summed E-state index contributed by atoms with van der Waals surface area (Å²) in [5.41, 5.74) is 3.03. The maximum Gasteiger partial charge on any atom is 0.223 e. The second kappa shape index (κ2) is 8.33. The average Bonchev–Trinajstić information content (AvgIpc) is 2.80. The summed E-state index contributed by atoms with van der Waals surface area (Å²) in [7, 11) is 0. The quantitative estimate of drug-likeness (QED) is 0.625. The number of benzene rings is 2. The highest BCUT2D eigenvalue weighted by atomic mass is 16.2. The molecule has 0 atom stereocenters. The van der Waals surface area contributed by atoms with Crippen LogP contribution in [0.1, 0.15) is 62.1 Å². The summed E-state index contributed by atoms with van der Waals surface area (Å²) in [4.78, 5) is 18.2. The van der Waals surface area contributed by atoms with Crippen LogP contribution in [0.2, 0.25) is 0 Å². The number of carbonyl (C=O) groups is 1. The highest BCUT2D eigenvalue weighted by Gasteiger charge is 2.51. The van der Waals surface area contributed by atoms with Gasteiger partial charge in [0.05, 0.1) is 6.04 Å². The Balaban J connectivity index is 1.13. The Morgan fingerprint density at radius 2 is 1.22 bits per heavy atom. The second-order valence-electron chi connectivity index (χ2n) is 11.2. The van der Waals surface area contributed by atoms with Crippen LogP contribution in [-0.4, -0.2) is 41.9 Å². The Bertz CT molecular complexity index is 857. The molecule has 5 fully saturated rings. The molecule has 0 unspecified atom stereocenters. The van der Waals surface area contributed by atoms with Crippen molar-refractivity contribution in [2.45, 2.75) is 51.0 Å². The molecule has 0 radical (unpaired) electrons. The zero-order chi connectivity index (χ0) is 21.5. The highest BCUT2D eigenvalue weighted by Crippen LogP contribution is 2.61. The van der Waals surface area contributed by atoms with E-state index in [0.717, 1.165) is 50.4 Å². The molecule has 0 spiro atoms. The fourth-order valence-corrected chi connectivity index (χ4v) is 8.05. The van der Waals surface area contributed by atoms with Crippen LogP contribution in [0.5, 0.6) is 0 Å². The highest BCUT2D eigenvalue weighted by molar-refractivity contribution is 5.77. The minimum atomic E-state index is 0.262. The molecule has 168 valence electrons. The monoisotopic (exact) mass is 428 g/mol. The predicted molar refractivity (Wildman–Crippen MR) is 128 cm³/mol. The molecule has 5 aliphatic rings. The molecule has 0 N–H and O–H groups in total. The van der Waals surface area contributed by atoms with Gasteiger partial charge in [-0.15, -0.1) is 0 Å². The molecule has 4 saturated carbocycles. The van der Waals surface area contributed by atoms with Gasteiger partial charge in [0.25, 0.3) is 0 Å².